The standard InChI is InChI=1S/C20H16ClN3O3S/c21-16-7-3-6-15(10-16)19(26)23-24-20(28)22-18(25)12-27-17-9-8-13-4-1-2-5-14(13)11-17/h1-11H,12H2,(H,23,26)(H2,22,24,25,28). The van der Waals surface area contributed by atoms with Gasteiger partial charge in [-0.1, -0.05) is 48.0 Å². The van der Waals surface area contributed by atoms with Crippen molar-refractivity contribution in [3.05, 3.63) is 77.3 Å². The van der Waals surface area contributed by atoms with Gasteiger partial charge in [0.25, 0.3) is 11.8 Å². The molecule has 0 saturated heterocycles. The van der Waals surface area contributed by atoms with E-state index in [0.29, 0.717) is 16.3 Å². The number of hydrazine groups is 1. The topological polar surface area (TPSA) is 79.5 Å². The molecular weight excluding hydrogens is 398 g/mol. The maximum absolute atomic E-state index is 12.0. The fourth-order valence-corrected chi connectivity index (χ4v) is 2.77. The zero-order chi connectivity index (χ0) is 19.9. The van der Waals surface area contributed by atoms with E-state index in [1.807, 2.05) is 36.4 Å². The monoisotopic (exact) mass is 413 g/mol. The molecule has 0 fully saturated rings. The Morgan fingerprint density at radius 3 is 2.50 bits per heavy atom. The number of halogens is 1. The van der Waals surface area contributed by atoms with Crippen LogP contribution in [-0.2, 0) is 4.79 Å². The molecule has 0 aromatic heterocycles. The number of ether oxygens (including phenoxy) is 1. The molecule has 0 radical (unpaired) electrons. The molecule has 3 N–H and O–H groups in total. The van der Waals surface area contributed by atoms with Crippen LogP contribution in [0.1, 0.15) is 10.4 Å². The Bertz CT molecular complexity index is 1040. The Balaban J connectivity index is 1.44. The summed E-state index contributed by atoms with van der Waals surface area (Å²) >= 11 is 10.8. The zero-order valence-electron chi connectivity index (χ0n) is 14.6. The second kappa shape index (κ2) is 9.16. The lowest BCUT2D eigenvalue weighted by molar-refractivity contribution is -0.121. The summed E-state index contributed by atoms with van der Waals surface area (Å²) in [6.45, 7) is -0.220. The number of rotatable bonds is 4. The van der Waals surface area contributed by atoms with E-state index in [-0.39, 0.29) is 11.7 Å². The predicted octanol–water partition coefficient (Wildman–Crippen LogP) is 3.21. The minimum absolute atomic E-state index is 0.0533. The first kappa shape index (κ1) is 19.6. The molecule has 0 bridgehead atoms. The summed E-state index contributed by atoms with van der Waals surface area (Å²) in [5, 5.41) is 4.91. The number of nitrogens with one attached hydrogen (secondary N) is 3. The van der Waals surface area contributed by atoms with Crippen molar-refractivity contribution in [2.75, 3.05) is 6.61 Å². The fraction of sp³-hybridized carbons (Fsp3) is 0.0500. The number of hydrogen-bond acceptors (Lipinski definition) is 4. The molecule has 3 aromatic carbocycles. The van der Waals surface area contributed by atoms with Crippen molar-refractivity contribution in [1.29, 1.82) is 0 Å². The molecule has 0 aliphatic heterocycles. The van der Waals surface area contributed by atoms with E-state index in [9.17, 15) is 9.59 Å². The SMILES string of the molecule is O=C(COc1ccc2ccccc2c1)NC(=S)NNC(=O)c1cccc(Cl)c1. The molecule has 0 aliphatic carbocycles. The Morgan fingerprint density at radius 2 is 1.71 bits per heavy atom. The molecule has 3 aromatic rings. The highest BCUT2D eigenvalue weighted by molar-refractivity contribution is 7.80. The van der Waals surface area contributed by atoms with Crippen LogP contribution >= 0.6 is 23.8 Å². The average molecular weight is 414 g/mol. The molecule has 0 spiro atoms. The Hall–Kier alpha value is -3.16. The maximum Gasteiger partial charge on any atom is 0.269 e. The molecule has 3 rings (SSSR count). The summed E-state index contributed by atoms with van der Waals surface area (Å²) in [6.07, 6.45) is 0. The van der Waals surface area contributed by atoms with Crippen LogP contribution in [0, 0.1) is 0 Å². The van der Waals surface area contributed by atoms with Crippen LogP contribution in [0.25, 0.3) is 10.8 Å². The lowest BCUT2D eigenvalue weighted by Gasteiger charge is -2.11. The van der Waals surface area contributed by atoms with E-state index < -0.39 is 11.8 Å². The molecule has 0 heterocycles. The van der Waals surface area contributed by atoms with Gasteiger partial charge in [-0.3, -0.25) is 25.8 Å². The van der Waals surface area contributed by atoms with Crippen LogP contribution in [-0.4, -0.2) is 23.5 Å². The van der Waals surface area contributed by atoms with Crippen LogP contribution < -0.4 is 20.9 Å². The molecular formula is C20H16ClN3O3S. The van der Waals surface area contributed by atoms with Crippen molar-refractivity contribution in [2.24, 2.45) is 0 Å². The molecule has 8 heteroatoms. The number of fused-ring (bicyclic) bond motifs is 1. The van der Waals surface area contributed by atoms with Crippen molar-refractivity contribution in [2.45, 2.75) is 0 Å². The third-order valence-corrected chi connectivity index (χ3v) is 4.16. The van der Waals surface area contributed by atoms with Crippen molar-refractivity contribution < 1.29 is 14.3 Å². The molecule has 0 aliphatic rings. The fourth-order valence-electron chi connectivity index (χ4n) is 2.42. The van der Waals surface area contributed by atoms with Crippen molar-refractivity contribution in [1.82, 2.24) is 16.2 Å². The summed E-state index contributed by atoms with van der Waals surface area (Å²) in [5.41, 5.74) is 5.19. The highest BCUT2D eigenvalue weighted by atomic mass is 35.5. The van der Waals surface area contributed by atoms with Gasteiger partial charge in [0, 0.05) is 10.6 Å². The first-order chi connectivity index (χ1) is 13.5. The second-order valence-corrected chi connectivity index (χ2v) is 6.61. The van der Waals surface area contributed by atoms with Crippen LogP contribution in [0.5, 0.6) is 5.75 Å². The highest BCUT2D eigenvalue weighted by Gasteiger charge is 2.09. The lowest BCUT2D eigenvalue weighted by Crippen LogP contribution is -2.49. The largest absolute Gasteiger partial charge is 0.484 e. The number of carbonyl (C=O) groups excluding carboxylic acids is 2. The van der Waals surface area contributed by atoms with Gasteiger partial charge in [-0.15, -0.1) is 0 Å². The summed E-state index contributed by atoms with van der Waals surface area (Å²) in [6, 6.07) is 19.8. The molecule has 0 unspecified atom stereocenters. The van der Waals surface area contributed by atoms with E-state index in [4.69, 9.17) is 28.6 Å². The second-order valence-electron chi connectivity index (χ2n) is 5.76. The van der Waals surface area contributed by atoms with E-state index in [1.54, 1.807) is 24.3 Å². The van der Waals surface area contributed by atoms with Crippen LogP contribution in [0.4, 0.5) is 0 Å². The van der Waals surface area contributed by atoms with Gasteiger partial charge in [-0.05, 0) is 53.3 Å². The third kappa shape index (κ3) is 5.42. The zero-order valence-corrected chi connectivity index (χ0v) is 16.1. The van der Waals surface area contributed by atoms with E-state index >= 15 is 0 Å². The Morgan fingerprint density at radius 1 is 0.929 bits per heavy atom. The number of thiocarbonyl (C=S) groups is 1. The smallest absolute Gasteiger partial charge is 0.269 e. The minimum Gasteiger partial charge on any atom is -0.484 e. The number of hydrogen-bond donors (Lipinski definition) is 3. The van der Waals surface area contributed by atoms with Gasteiger partial charge >= 0.3 is 0 Å². The van der Waals surface area contributed by atoms with Crippen molar-refractivity contribution in [3.8, 4) is 5.75 Å². The van der Waals surface area contributed by atoms with E-state index in [0.717, 1.165) is 10.8 Å². The van der Waals surface area contributed by atoms with Gasteiger partial charge in [-0.2, -0.15) is 0 Å². The maximum atomic E-state index is 12.0. The average Bonchev–Trinajstić information content (AvgIpc) is 2.70. The predicted molar refractivity (Wildman–Crippen MR) is 112 cm³/mol. The number of benzene rings is 3. The van der Waals surface area contributed by atoms with Crippen LogP contribution in [0.2, 0.25) is 5.02 Å². The first-order valence-corrected chi connectivity index (χ1v) is 9.07. The Kier molecular flexibility index (Phi) is 6.41. The Labute approximate surface area is 171 Å². The normalized spacial score (nSPS) is 10.2. The first-order valence-electron chi connectivity index (χ1n) is 8.28. The van der Waals surface area contributed by atoms with Gasteiger partial charge in [-0.25, -0.2) is 0 Å². The van der Waals surface area contributed by atoms with E-state index in [2.05, 4.69) is 16.2 Å². The van der Waals surface area contributed by atoms with Crippen molar-refractivity contribution >= 4 is 51.5 Å². The summed E-state index contributed by atoms with van der Waals surface area (Å²) in [5.74, 6) is -0.323. The quantitative estimate of drug-likeness (QED) is 0.452. The van der Waals surface area contributed by atoms with Crippen molar-refractivity contribution in [3.63, 3.8) is 0 Å². The number of amides is 2. The summed E-state index contributed by atoms with van der Waals surface area (Å²) < 4.78 is 5.48. The lowest BCUT2D eigenvalue weighted by atomic mass is 10.1. The molecule has 0 atom stereocenters. The van der Waals surface area contributed by atoms with E-state index in [1.165, 1.54) is 6.07 Å². The third-order valence-electron chi connectivity index (χ3n) is 3.72. The molecule has 2 amide bonds. The van der Waals surface area contributed by atoms with Gasteiger partial charge < -0.3 is 4.74 Å². The van der Waals surface area contributed by atoms with Gasteiger partial charge in [0.05, 0.1) is 0 Å². The molecule has 142 valence electrons. The molecule has 0 saturated carbocycles. The van der Waals surface area contributed by atoms with Gasteiger partial charge in [0.15, 0.2) is 11.7 Å². The summed E-state index contributed by atoms with van der Waals surface area (Å²) in [4.78, 5) is 23.9. The van der Waals surface area contributed by atoms with Crippen LogP contribution in [0.3, 0.4) is 0 Å². The highest BCUT2D eigenvalue weighted by Crippen LogP contribution is 2.20. The minimum atomic E-state index is -0.456. The van der Waals surface area contributed by atoms with Gasteiger partial charge in [0.1, 0.15) is 5.75 Å². The summed E-state index contributed by atoms with van der Waals surface area (Å²) in [7, 11) is 0. The number of carbonyl (C=O) groups is 2. The van der Waals surface area contributed by atoms with Crippen LogP contribution in [0.15, 0.2) is 66.7 Å². The molecule has 28 heavy (non-hydrogen) atoms. The van der Waals surface area contributed by atoms with Gasteiger partial charge in [0.2, 0.25) is 0 Å². The molecule has 6 nitrogen and oxygen atoms in total.